The summed E-state index contributed by atoms with van der Waals surface area (Å²) in [4.78, 5) is 14.8. The Balaban J connectivity index is 1.65. The van der Waals surface area contributed by atoms with E-state index in [4.69, 9.17) is 16.3 Å². The van der Waals surface area contributed by atoms with Crippen molar-refractivity contribution in [1.29, 1.82) is 0 Å². The molecule has 1 fully saturated rings. The van der Waals surface area contributed by atoms with Crippen molar-refractivity contribution in [3.05, 3.63) is 29.0 Å². The molecule has 1 heterocycles. The Bertz CT molecular complexity index is 693. The summed E-state index contributed by atoms with van der Waals surface area (Å²) >= 11 is 5.80. The van der Waals surface area contributed by atoms with Crippen LogP contribution in [0, 0.1) is 11.7 Å². The first-order valence-electron chi connectivity index (χ1n) is 7.47. The van der Waals surface area contributed by atoms with E-state index < -0.39 is 11.9 Å². The molecule has 1 saturated carbocycles. The second kappa shape index (κ2) is 6.16. The molecule has 0 atom stereocenters. The molecule has 1 aromatic carbocycles. The first-order valence-corrected chi connectivity index (χ1v) is 7.85. The van der Waals surface area contributed by atoms with E-state index in [9.17, 15) is 9.18 Å². The molecular weight excluding hydrogens is 307 g/mol. The normalized spacial score (nSPS) is 21.8. The molecule has 0 bridgehead atoms. The second-order valence-corrected chi connectivity index (χ2v) is 6.41. The lowest BCUT2D eigenvalue weighted by Gasteiger charge is -2.26. The van der Waals surface area contributed by atoms with Gasteiger partial charge in [0.2, 0.25) is 5.88 Å². The molecule has 1 aromatic heterocycles. The summed E-state index contributed by atoms with van der Waals surface area (Å²) in [5.41, 5.74) is 0.499. The van der Waals surface area contributed by atoms with Gasteiger partial charge in [-0.25, -0.2) is 9.18 Å². The number of ether oxygens (including phenoxy) is 1. The van der Waals surface area contributed by atoms with Crippen LogP contribution in [0.2, 0.25) is 5.02 Å². The van der Waals surface area contributed by atoms with Crippen molar-refractivity contribution < 1.29 is 13.9 Å². The Morgan fingerprint density at radius 3 is 2.77 bits per heavy atom. The lowest BCUT2D eigenvalue weighted by Crippen LogP contribution is -2.39. The summed E-state index contributed by atoms with van der Waals surface area (Å²) in [6, 6.07) is 4.43. The van der Waals surface area contributed by atoms with Gasteiger partial charge < -0.3 is 15.0 Å². The van der Waals surface area contributed by atoms with Gasteiger partial charge in [-0.3, -0.25) is 0 Å². The molecule has 1 aliphatic rings. The summed E-state index contributed by atoms with van der Waals surface area (Å²) in [5.74, 6) is 0.476. The average molecular weight is 325 g/mol. The van der Waals surface area contributed by atoms with Crippen LogP contribution < -0.4 is 10.1 Å². The van der Waals surface area contributed by atoms with Crippen molar-refractivity contribution in [2.75, 3.05) is 0 Å². The molecule has 0 saturated heterocycles. The summed E-state index contributed by atoms with van der Waals surface area (Å²) in [5, 5.41) is 3.49. The molecule has 2 aromatic rings. The van der Waals surface area contributed by atoms with Gasteiger partial charge in [0.25, 0.3) is 0 Å². The molecule has 4 nitrogen and oxygen atoms in total. The van der Waals surface area contributed by atoms with Gasteiger partial charge in [-0.1, -0.05) is 18.5 Å². The molecule has 22 heavy (non-hydrogen) atoms. The molecule has 0 radical (unpaired) electrons. The fourth-order valence-corrected chi connectivity index (χ4v) is 3.10. The summed E-state index contributed by atoms with van der Waals surface area (Å²) < 4.78 is 19.0. The highest BCUT2D eigenvalue weighted by molar-refractivity contribution is 6.31. The summed E-state index contributed by atoms with van der Waals surface area (Å²) in [7, 11) is 0. The third-order valence-corrected chi connectivity index (χ3v) is 4.39. The molecule has 118 valence electrons. The Hall–Kier alpha value is -1.75. The quantitative estimate of drug-likeness (QED) is 0.846. The highest BCUT2D eigenvalue weighted by Crippen LogP contribution is 2.27. The van der Waals surface area contributed by atoms with Crippen molar-refractivity contribution in [1.82, 2.24) is 10.3 Å². The highest BCUT2D eigenvalue weighted by atomic mass is 35.5. The fraction of sp³-hybridized carbons (Fsp3) is 0.438. The number of hydrogen-bond acceptors (Lipinski definition) is 2. The van der Waals surface area contributed by atoms with Crippen LogP contribution >= 0.6 is 11.6 Å². The van der Waals surface area contributed by atoms with Crippen molar-refractivity contribution in [2.45, 2.75) is 38.6 Å². The molecule has 6 heteroatoms. The molecule has 0 aliphatic heterocycles. The predicted molar refractivity (Wildman–Crippen MR) is 83.8 cm³/mol. The number of aromatic amines is 1. The maximum atomic E-state index is 13.7. The van der Waals surface area contributed by atoms with Gasteiger partial charge in [-0.2, -0.15) is 0 Å². The van der Waals surface area contributed by atoms with E-state index in [0.29, 0.717) is 15.9 Å². The Morgan fingerprint density at radius 1 is 1.32 bits per heavy atom. The van der Waals surface area contributed by atoms with Crippen LogP contribution in [0.15, 0.2) is 18.2 Å². The number of rotatable bonds is 2. The van der Waals surface area contributed by atoms with Crippen molar-refractivity contribution in [3.63, 3.8) is 0 Å². The van der Waals surface area contributed by atoms with Gasteiger partial charge in [0.15, 0.2) is 0 Å². The Kier molecular flexibility index (Phi) is 4.25. The summed E-state index contributed by atoms with van der Waals surface area (Å²) in [6.45, 7) is 2.22. The summed E-state index contributed by atoms with van der Waals surface area (Å²) in [6.07, 6.45) is 3.64. The number of nitrogens with one attached hydrogen (secondary N) is 2. The minimum Gasteiger partial charge on any atom is -0.393 e. The smallest absolute Gasteiger partial charge is 0.393 e. The van der Waals surface area contributed by atoms with Crippen molar-refractivity contribution >= 4 is 28.6 Å². The SMILES string of the molecule is CC1CCC(NC(=O)Oc2cc3c(F)cc(Cl)cc3[nH]2)CC1. The van der Waals surface area contributed by atoms with Crippen LogP contribution in [0.25, 0.3) is 10.9 Å². The van der Waals surface area contributed by atoms with E-state index in [1.54, 1.807) is 6.07 Å². The number of carbonyl (C=O) groups excluding carboxylic acids is 1. The maximum Gasteiger partial charge on any atom is 0.414 e. The van der Waals surface area contributed by atoms with Gasteiger partial charge in [-0.05, 0) is 43.7 Å². The van der Waals surface area contributed by atoms with Crippen LogP contribution in [0.5, 0.6) is 5.88 Å². The number of hydrogen-bond donors (Lipinski definition) is 2. The molecule has 1 amide bonds. The van der Waals surface area contributed by atoms with E-state index >= 15 is 0 Å². The van der Waals surface area contributed by atoms with Gasteiger partial charge in [0.1, 0.15) is 5.82 Å². The van der Waals surface area contributed by atoms with Gasteiger partial charge >= 0.3 is 6.09 Å². The Morgan fingerprint density at radius 2 is 2.05 bits per heavy atom. The molecule has 2 N–H and O–H groups in total. The van der Waals surface area contributed by atoms with E-state index in [1.165, 1.54) is 12.1 Å². The van der Waals surface area contributed by atoms with Gasteiger partial charge in [-0.15, -0.1) is 0 Å². The standard InChI is InChI=1S/C16H18ClFN2O2/c1-9-2-4-11(5-3-9)19-16(21)22-15-8-12-13(18)6-10(17)7-14(12)20-15/h6-9,11,20H,2-5H2,1H3,(H,19,21). The molecule has 1 aliphatic carbocycles. The van der Waals surface area contributed by atoms with Crippen LogP contribution in [0.4, 0.5) is 9.18 Å². The first-order chi connectivity index (χ1) is 10.5. The lowest BCUT2D eigenvalue weighted by atomic mass is 9.87. The lowest BCUT2D eigenvalue weighted by molar-refractivity contribution is 0.187. The van der Waals surface area contributed by atoms with Gasteiger partial charge in [0.05, 0.1) is 5.52 Å². The van der Waals surface area contributed by atoms with Crippen molar-refractivity contribution in [2.24, 2.45) is 5.92 Å². The first kappa shape index (κ1) is 15.2. The maximum absolute atomic E-state index is 13.7. The minimum atomic E-state index is -0.516. The van der Waals surface area contributed by atoms with Crippen LogP contribution in [-0.2, 0) is 0 Å². The molecular formula is C16H18ClFN2O2. The number of carbonyl (C=O) groups is 1. The topological polar surface area (TPSA) is 54.1 Å². The van der Waals surface area contributed by atoms with Gasteiger partial charge in [0, 0.05) is 22.5 Å². The number of halogens is 2. The van der Waals surface area contributed by atoms with E-state index in [2.05, 4.69) is 17.2 Å². The van der Waals surface area contributed by atoms with Crippen LogP contribution in [0.1, 0.15) is 32.6 Å². The zero-order valence-corrected chi connectivity index (χ0v) is 13.0. The zero-order valence-electron chi connectivity index (χ0n) is 12.3. The number of H-pyrrole nitrogens is 1. The van der Waals surface area contributed by atoms with Crippen LogP contribution in [0.3, 0.4) is 0 Å². The number of fused-ring (bicyclic) bond motifs is 1. The third kappa shape index (κ3) is 3.35. The molecule has 3 rings (SSSR count). The average Bonchev–Trinajstić information content (AvgIpc) is 2.84. The second-order valence-electron chi connectivity index (χ2n) is 5.97. The van der Waals surface area contributed by atoms with E-state index in [0.717, 1.165) is 31.6 Å². The van der Waals surface area contributed by atoms with Crippen LogP contribution in [-0.4, -0.2) is 17.1 Å². The number of aromatic nitrogens is 1. The minimum absolute atomic E-state index is 0.152. The Labute approximate surface area is 133 Å². The van der Waals surface area contributed by atoms with E-state index in [-0.39, 0.29) is 11.9 Å². The zero-order chi connectivity index (χ0) is 15.7. The monoisotopic (exact) mass is 324 g/mol. The van der Waals surface area contributed by atoms with Crippen molar-refractivity contribution in [3.8, 4) is 5.88 Å². The largest absolute Gasteiger partial charge is 0.414 e. The molecule has 0 unspecified atom stereocenters. The fourth-order valence-electron chi connectivity index (χ4n) is 2.89. The van der Waals surface area contributed by atoms with E-state index in [1.807, 2.05) is 0 Å². The third-order valence-electron chi connectivity index (χ3n) is 4.17. The number of amides is 1. The number of benzene rings is 1. The predicted octanol–water partition coefficient (Wildman–Crippen LogP) is 4.63. The molecule has 0 spiro atoms. The highest BCUT2D eigenvalue weighted by Gasteiger charge is 2.21.